The summed E-state index contributed by atoms with van der Waals surface area (Å²) in [7, 11) is 0. The molecule has 0 radical (unpaired) electrons. The van der Waals surface area contributed by atoms with Gasteiger partial charge in [-0.25, -0.2) is 4.79 Å². The van der Waals surface area contributed by atoms with Gasteiger partial charge in [0.25, 0.3) is 0 Å². The third kappa shape index (κ3) is 3.35. The number of ether oxygens (including phenoxy) is 1. The molecule has 1 saturated heterocycles. The fourth-order valence-electron chi connectivity index (χ4n) is 1.60. The van der Waals surface area contributed by atoms with Crippen LogP contribution < -0.4 is 10.6 Å². The second kappa shape index (κ2) is 5.89. The number of rotatable bonds is 4. The van der Waals surface area contributed by atoms with Crippen molar-refractivity contribution < 1.29 is 9.53 Å². The largest absolute Gasteiger partial charge is 0.380 e. The Bertz CT molecular complexity index is 377. The van der Waals surface area contributed by atoms with E-state index in [-0.39, 0.29) is 6.03 Å². The molecule has 92 valence electrons. The van der Waals surface area contributed by atoms with Crippen LogP contribution in [-0.2, 0) is 4.74 Å². The first-order valence-corrected chi connectivity index (χ1v) is 6.11. The molecule has 2 amide bonds. The van der Waals surface area contributed by atoms with Crippen LogP contribution in [0.1, 0.15) is 11.5 Å². The molecule has 1 aromatic carbocycles. The maximum absolute atomic E-state index is 11.4. The molecule has 2 rings (SSSR count). The lowest BCUT2D eigenvalue weighted by Gasteiger charge is -2.26. The predicted molar refractivity (Wildman–Crippen MR) is 67.7 cm³/mol. The zero-order chi connectivity index (χ0) is 12.1. The number of alkyl halides is 1. The molecular formula is C12H15ClN2O2. The van der Waals surface area contributed by atoms with Crippen molar-refractivity contribution in [1.29, 1.82) is 0 Å². The zero-order valence-electron chi connectivity index (χ0n) is 9.41. The Kier molecular flexibility index (Phi) is 4.23. The molecule has 0 spiro atoms. The Morgan fingerprint density at radius 1 is 1.35 bits per heavy atom. The minimum absolute atomic E-state index is 0.231. The molecule has 17 heavy (non-hydrogen) atoms. The Morgan fingerprint density at radius 3 is 2.59 bits per heavy atom. The topological polar surface area (TPSA) is 50.4 Å². The molecule has 4 nitrogen and oxygen atoms in total. The fraction of sp³-hybridized carbons (Fsp3) is 0.417. The number of carbonyl (C=O) groups excluding carboxylic acids is 1. The first-order valence-electron chi connectivity index (χ1n) is 5.58. The quantitative estimate of drug-likeness (QED) is 0.809. The first kappa shape index (κ1) is 12.2. The van der Waals surface area contributed by atoms with Gasteiger partial charge in [-0.1, -0.05) is 12.1 Å². The molecule has 0 saturated carbocycles. The van der Waals surface area contributed by atoms with E-state index in [0.29, 0.717) is 18.3 Å². The van der Waals surface area contributed by atoms with Crippen LogP contribution >= 0.6 is 11.6 Å². The summed E-state index contributed by atoms with van der Waals surface area (Å²) in [6.45, 7) is 2.05. The Morgan fingerprint density at radius 2 is 2.06 bits per heavy atom. The predicted octanol–water partition coefficient (Wildman–Crippen LogP) is 2.16. The van der Waals surface area contributed by atoms with Crippen LogP contribution in [0.25, 0.3) is 0 Å². The standard InChI is InChI=1S/C12H15ClN2O2/c13-5-6-14-12(16)15-11-3-1-9(2-4-11)10-7-17-8-10/h1-4,10H,5-8H2,(H2,14,15,16). The van der Waals surface area contributed by atoms with Crippen LogP contribution in [0, 0.1) is 0 Å². The average molecular weight is 255 g/mol. The van der Waals surface area contributed by atoms with Crippen molar-refractivity contribution in [2.45, 2.75) is 5.92 Å². The maximum atomic E-state index is 11.4. The van der Waals surface area contributed by atoms with Crippen molar-refractivity contribution in [3.63, 3.8) is 0 Å². The van der Waals surface area contributed by atoms with Crippen LogP contribution in [-0.4, -0.2) is 31.7 Å². The van der Waals surface area contributed by atoms with Crippen LogP contribution in [0.15, 0.2) is 24.3 Å². The molecule has 1 aromatic rings. The van der Waals surface area contributed by atoms with E-state index in [2.05, 4.69) is 10.6 Å². The minimum Gasteiger partial charge on any atom is -0.380 e. The summed E-state index contributed by atoms with van der Waals surface area (Å²) in [6, 6.07) is 7.60. The second-order valence-corrected chi connectivity index (χ2v) is 4.30. The van der Waals surface area contributed by atoms with E-state index in [0.717, 1.165) is 18.9 Å². The fourth-order valence-corrected chi connectivity index (χ4v) is 1.70. The molecule has 5 heteroatoms. The van der Waals surface area contributed by atoms with Crippen LogP contribution in [0.4, 0.5) is 10.5 Å². The number of amides is 2. The minimum atomic E-state index is -0.231. The number of halogens is 1. The molecule has 0 aliphatic carbocycles. The van der Waals surface area contributed by atoms with Gasteiger partial charge in [-0.15, -0.1) is 11.6 Å². The molecule has 0 unspecified atom stereocenters. The van der Waals surface area contributed by atoms with Gasteiger partial charge >= 0.3 is 6.03 Å². The van der Waals surface area contributed by atoms with Crippen molar-refractivity contribution in [3.05, 3.63) is 29.8 Å². The Labute approximate surface area is 105 Å². The lowest BCUT2D eigenvalue weighted by Crippen LogP contribution is -2.30. The Balaban J connectivity index is 1.86. The number of hydrogen-bond donors (Lipinski definition) is 2. The van der Waals surface area contributed by atoms with E-state index in [9.17, 15) is 4.79 Å². The molecule has 0 bridgehead atoms. The van der Waals surface area contributed by atoms with Gasteiger partial charge in [0, 0.05) is 24.0 Å². The van der Waals surface area contributed by atoms with Crippen LogP contribution in [0.5, 0.6) is 0 Å². The zero-order valence-corrected chi connectivity index (χ0v) is 10.2. The van der Waals surface area contributed by atoms with Gasteiger partial charge in [0.15, 0.2) is 0 Å². The highest BCUT2D eigenvalue weighted by Crippen LogP contribution is 2.24. The van der Waals surface area contributed by atoms with Gasteiger partial charge < -0.3 is 15.4 Å². The third-order valence-electron chi connectivity index (χ3n) is 2.66. The van der Waals surface area contributed by atoms with Crippen molar-refractivity contribution in [3.8, 4) is 0 Å². The number of hydrogen-bond acceptors (Lipinski definition) is 2. The molecule has 1 fully saturated rings. The highest BCUT2D eigenvalue weighted by atomic mass is 35.5. The van der Waals surface area contributed by atoms with E-state index >= 15 is 0 Å². The molecule has 1 heterocycles. The number of anilines is 1. The van der Waals surface area contributed by atoms with E-state index in [1.54, 1.807) is 0 Å². The van der Waals surface area contributed by atoms with Gasteiger partial charge in [0.1, 0.15) is 0 Å². The molecule has 0 aromatic heterocycles. The van der Waals surface area contributed by atoms with Gasteiger partial charge in [-0.3, -0.25) is 0 Å². The van der Waals surface area contributed by atoms with E-state index < -0.39 is 0 Å². The highest BCUT2D eigenvalue weighted by molar-refractivity contribution is 6.18. The number of benzene rings is 1. The van der Waals surface area contributed by atoms with E-state index in [4.69, 9.17) is 16.3 Å². The number of urea groups is 1. The molecule has 1 aliphatic heterocycles. The summed E-state index contributed by atoms with van der Waals surface area (Å²) in [6.07, 6.45) is 0. The van der Waals surface area contributed by atoms with Crippen LogP contribution in [0.3, 0.4) is 0 Å². The molecule has 1 aliphatic rings. The van der Waals surface area contributed by atoms with Crippen molar-refractivity contribution in [2.75, 3.05) is 31.0 Å². The second-order valence-electron chi connectivity index (χ2n) is 3.93. The van der Waals surface area contributed by atoms with Gasteiger partial charge in [0.2, 0.25) is 0 Å². The van der Waals surface area contributed by atoms with Crippen molar-refractivity contribution >= 4 is 23.3 Å². The first-order chi connectivity index (χ1) is 8.29. The highest BCUT2D eigenvalue weighted by Gasteiger charge is 2.19. The summed E-state index contributed by atoms with van der Waals surface area (Å²) < 4.78 is 5.14. The number of carbonyl (C=O) groups is 1. The lowest BCUT2D eigenvalue weighted by molar-refractivity contribution is 0.00843. The third-order valence-corrected chi connectivity index (χ3v) is 2.85. The van der Waals surface area contributed by atoms with Gasteiger partial charge in [-0.05, 0) is 17.7 Å². The Hall–Kier alpha value is -1.26. The van der Waals surface area contributed by atoms with Crippen molar-refractivity contribution in [2.24, 2.45) is 0 Å². The smallest absolute Gasteiger partial charge is 0.319 e. The van der Waals surface area contributed by atoms with Crippen molar-refractivity contribution in [1.82, 2.24) is 5.32 Å². The summed E-state index contributed by atoms with van der Waals surface area (Å²) in [5.41, 5.74) is 2.03. The van der Waals surface area contributed by atoms with E-state index in [1.165, 1.54) is 5.56 Å². The monoisotopic (exact) mass is 254 g/mol. The van der Waals surface area contributed by atoms with Gasteiger partial charge in [-0.2, -0.15) is 0 Å². The van der Waals surface area contributed by atoms with Gasteiger partial charge in [0.05, 0.1) is 13.2 Å². The SMILES string of the molecule is O=C(NCCCl)Nc1ccc(C2COC2)cc1. The summed E-state index contributed by atoms with van der Waals surface area (Å²) in [4.78, 5) is 11.4. The van der Waals surface area contributed by atoms with E-state index in [1.807, 2.05) is 24.3 Å². The molecule has 0 atom stereocenters. The summed E-state index contributed by atoms with van der Waals surface area (Å²) in [5.74, 6) is 0.919. The van der Waals surface area contributed by atoms with Crippen LogP contribution in [0.2, 0.25) is 0 Å². The number of nitrogens with one attached hydrogen (secondary N) is 2. The molecular weight excluding hydrogens is 240 g/mol. The lowest BCUT2D eigenvalue weighted by atomic mass is 9.97. The normalized spacial score (nSPS) is 15.1. The maximum Gasteiger partial charge on any atom is 0.319 e. The average Bonchev–Trinajstić information content (AvgIpc) is 2.27. The summed E-state index contributed by atoms with van der Waals surface area (Å²) in [5, 5.41) is 5.38. The summed E-state index contributed by atoms with van der Waals surface area (Å²) >= 11 is 5.47. The molecule has 2 N–H and O–H groups in total.